The number of ketones is 1. The number of hydrogen-bond donors (Lipinski definition) is 0. The van der Waals surface area contributed by atoms with Gasteiger partial charge in [-0.3, -0.25) is 4.79 Å². The third-order valence-electron chi connectivity index (χ3n) is 2.41. The van der Waals surface area contributed by atoms with Gasteiger partial charge in [-0.05, 0) is 19.1 Å². The minimum Gasteiger partial charge on any atom is -0.467 e. The summed E-state index contributed by atoms with van der Waals surface area (Å²) in [7, 11) is 0. The quantitative estimate of drug-likeness (QED) is 0.477. The second kappa shape index (κ2) is 5.37. The number of halogens is 1. The molecule has 6 heteroatoms. The van der Waals surface area contributed by atoms with Gasteiger partial charge >= 0.3 is 5.97 Å². The summed E-state index contributed by atoms with van der Waals surface area (Å²) in [5, 5.41) is 0.181. The number of fused-ring (bicyclic) bond motifs is 1. The molecule has 0 amide bonds. The number of ether oxygens (including phenoxy) is 3. The molecule has 2 rings (SSSR count). The molecule has 0 N–H and O–H groups in total. The maximum atomic E-state index is 11.8. The molecule has 0 unspecified atom stereocenters. The molecule has 0 saturated heterocycles. The van der Waals surface area contributed by atoms with E-state index in [-0.39, 0.29) is 24.0 Å². The lowest BCUT2D eigenvalue weighted by Gasteiger charge is -2.18. The van der Waals surface area contributed by atoms with Crippen LogP contribution in [0.5, 0.6) is 5.75 Å². The van der Waals surface area contributed by atoms with Crippen molar-refractivity contribution in [2.45, 2.75) is 13.5 Å². The Morgan fingerprint density at radius 3 is 2.94 bits per heavy atom. The molecule has 1 aromatic rings. The van der Waals surface area contributed by atoms with Gasteiger partial charge in [0.15, 0.2) is 6.79 Å². The van der Waals surface area contributed by atoms with E-state index in [0.717, 1.165) is 5.56 Å². The lowest BCUT2D eigenvalue weighted by atomic mass is 10.1. The smallest absolute Gasteiger partial charge is 0.379 e. The fourth-order valence-corrected chi connectivity index (χ4v) is 1.85. The summed E-state index contributed by atoms with van der Waals surface area (Å²) >= 11 is 5.96. The largest absolute Gasteiger partial charge is 0.467 e. The molecule has 0 aromatic heterocycles. The zero-order valence-corrected chi connectivity index (χ0v) is 10.5. The van der Waals surface area contributed by atoms with Crippen LogP contribution in [-0.2, 0) is 20.9 Å². The predicted molar refractivity (Wildman–Crippen MR) is 62.7 cm³/mol. The van der Waals surface area contributed by atoms with Gasteiger partial charge in [-0.15, -0.1) is 0 Å². The summed E-state index contributed by atoms with van der Waals surface area (Å²) in [6.45, 7) is 2.24. The molecule has 1 aromatic carbocycles. The number of benzene rings is 1. The van der Waals surface area contributed by atoms with E-state index in [9.17, 15) is 9.59 Å². The van der Waals surface area contributed by atoms with Crippen LogP contribution in [0, 0.1) is 0 Å². The Labute approximate surface area is 109 Å². The first kappa shape index (κ1) is 12.9. The monoisotopic (exact) mass is 270 g/mol. The lowest BCUT2D eigenvalue weighted by Crippen LogP contribution is -2.19. The summed E-state index contributed by atoms with van der Waals surface area (Å²) in [6, 6.07) is 3.00. The highest BCUT2D eigenvalue weighted by Gasteiger charge is 2.23. The van der Waals surface area contributed by atoms with E-state index in [2.05, 4.69) is 4.74 Å². The first-order valence-electron chi connectivity index (χ1n) is 5.38. The molecule has 0 spiro atoms. The summed E-state index contributed by atoms with van der Waals surface area (Å²) < 4.78 is 14.9. The fraction of sp³-hybridized carbons (Fsp3) is 0.333. The summed E-state index contributed by atoms with van der Waals surface area (Å²) in [5.74, 6) is -1.20. The predicted octanol–water partition coefficient (Wildman–Crippen LogP) is 1.95. The molecule has 0 radical (unpaired) electrons. The van der Waals surface area contributed by atoms with Crippen molar-refractivity contribution in [3.05, 3.63) is 28.3 Å². The van der Waals surface area contributed by atoms with Crippen molar-refractivity contribution in [3.63, 3.8) is 0 Å². The number of carbonyl (C=O) groups excluding carboxylic acids is 2. The molecule has 0 saturated carbocycles. The van der Waals surface area contributed by atoms with Gasteiger partial charge in [-0.2, -0.15) is 0 Å². The van der Waals surface area contributed by atoms with E-state index in [1.54, 1.807) is 13.0 Å². The first-order valence-corrected chi connectivity index (χ1v) is 5.75. The van der Waals surface area contributed by atoms with E-state index in [4.69, 9.17) is 21.1 Å². The van der Waals surface area contributed by atoms with Crippen molar-refractivity contribution in [2.24, 2.45) is 0 Å². The normalized spacial score (nSPS) is 13.4. The van der Waals surface area contributed by atoms with Gasteiger partial charge in [-0.25, -0.2) is 4.79 Å². The second-order valence-corrected chi connectivity index (χ2v) is 4.01. The number of rotatable bonds is 3. The maximum Gasteiger partial charge on any atom is 0.379 e. The van der Waals surface area contributed by atoms with E-state index in [0.29, 0.717) is 12.4 Å². The Balaban J connectivity index is 2.33. The molecule has 1 heterocycles. The zero-order valence-electron chi connectivity index (χ0n) is 9.70. The van der Waals surface area contributed by atoms with Crippen molar-refractivity contribution >= 4 is 23.4 Å². The average Bonchev–Trinajstić information content (AvgIpc) is 2.37. The van der Waals surface area contributed by atoms with E-state index < -0.39 is 11.8 Å². The maximum absolute atomic E-state index is 11.8. The van der Waals surface area contributed by atoms with Crippen LogP contribution in [0.25, 0.3) is 0 Å². The van der Waals surface area contributed by atoms with Crippen LogP contribution < -0.4 is 4.74 Å². The van der Waals surface area contributed by atoms with Crippen LogP contribution in [-0.4, -0.2) is 25.2 Å². The average molecular weight is 271 g/mol. The first-order chi connectivity index (χ1) is 8.63. The fourth-order valence-electron chi connectivity index (χ4n) is 1.58. The SMILES string of the molecule is CCOC(=O)C(=O)c1cc2c(cc1Cl)COCO2. The molecular formula is C12H11ClO5. The Hall–Kier alpha value is -1.59. The Kier molecular flexibility index (Phi) is 3.84. The van der Waals surface area contributed by atoms with E-state index in [1.165, 1.54) is 6.07 Å². The van der Waals surface area contributed by atoms with Crippen molar-refractivity contribution in [3.8, 4) is 5.75 Å². The summed E-state index contributed by atoms with van der Waals surface area (Å²) in [5.41, 5.74) is 0.822. The topological polar surface area (TPSA) is 61.8 Å². The standard InChI is InChI=1S/C12H11ClO5/c1-2-17-12(15)11(14)8-4-10-7(3-9(8)13)5-16-6-18-10/h3-4H,2,5-6H2,1H3. The van der Waals surface area contributed by atoms with E-state index in [1.807, 2.05) is 0 Å². The van der Waals surface area contributed by atoms with Crippen LogP contribution in [0.15, 0.2) is 12.1 Å². The van der Waals surface area contributed by atoms with Gasteiger partial charge < -0.3 is 14.2 Å². The molecule has 0 aliphatic carbocycles. The number of carbonyl (C=O) groups is 2. The molecular weight excluding hydrogens is 260 g/mol. The molecule has 1 aliphatic heterocycles. The van der Waals surface area contributed by atoms with Gasteiger partial charge in [0.25, 0.3) is 5.78 Å². The minimum atomic E-state index is -0.925. The summed E-state index contributed by atoms with van der Waals surface area (Å²) in [4.78, 5) is 23.2. The van der Waals surface area contributed by atoms with Crippen LogP contribution in [0.2, 0.25) is 5.02 Å². The van der Waals surface area contributed by atoms with Crippen molar-refractivity contribution in [1.82, 2.24) is 0 Å². The number of esters is 1. The Morgan fingerprint density at radius 1 is 1.44 bits per heavy atom. The van der Waals surface area contributed by atoms with Crippen LogP contribution in [0.4, 0.5) is 0 Å². The van der Waals surface area contributed by atoms with Crippen molar-refractivity contribution in [1.29, 1.82) is 0 Å². The summed E-state index contributed by atoms with van der Waals surface area (Å²) in [6.07, 6.45) is 0. The van der Waals surface area contributed by atoms with Crippen molar-refractivity contribution < 1.29 is 23.8 Å². The van der Waals surface area contributed by atoms with Gasteiger partial charge in [0.1, 0.15) is 5.75 Å². The zero-order chi connectivity index (χ0) is 13.1. The van der Waals surface area contributed by atoms with Gasteiger partial charge in [-0.1, -0.05) is 11.6 Å². The molecule has 96 valence electrons. The highest BCUT2D eigenvalue weighted by molar-refractivity contribution is 6.45. The lowest BCUT2D eigenvalue weighted by molar-refractivity contribution is -0.137. The molecule has 18 heavy (non-hydrogen) atoms. The van der Waals surface area contributed by atoms with Crippen LogP contribution >= 0.6 is 11.6 Å². The molecule has 0 atom stereocenters. The number of Topliss-reactive ketones (excluding diaryl/α,β-unsaturated/α-hetero) is 1. The molecule has 1 aliphatic rings. The van der Waals surface area contributed by atoms with Gasteiger partial charge in [0, 0.05) is 5.56 Å². The van der Waals surface area contributed by atoms with Crippen LogP contribution in [0.3, 0.4) is 0 Å². The molecule has 5 nitrogen and oxygen atoms in total. The highest BCUT2D eigenvalue weighted by Crippen LogP contribution is 2.30. The van der Waals surface area contributed by atoms with Gasteiger partial charge in [0.2, 0.25) is 0 Å². The highest BCUT2D eigenvalue weighted by atomic mass is 35.5. The molecule has 0 fully saturated rings. The third-order valence-corrected chi connectivity index (χ3v) is 2.72. The van der Waals surface area contributed by atoms with Crippen LogP contribution in [0.1, 0.15) is 22.8 Å². The third kappa shape index (κ3) is 2.47. The van der Waals surface area contributed by atoms with E-state index >= 15 is 0 Å². The Bertz CT molecular complexity index is 497. The second-order valence-electron chi connectivity index (χ2n) is 3.60. The minimum absolute atomic E-state index is 0.0794. The van der Waals surface area contributed by atoms with Gasteiger partial charge in [0.05, 0.1) is 23.8 Å². The molecule has 0 bridgehead atoms. The number of hydrogen-bond acceptors (Lipinski definition) is 5. The Morgan fingerprint density at radius 2 is 2.22 bits per heavy atom. The van der Waals surface area contributed by atoms with Crippen molar-refractivity contribution in [2.75, 3.05) is 13.4 Å².